The molecule has 1 aliphatic rings. The zero-order valence-electron chi connectivity index (χ0n) is 18.1. The van der Waals surface area contributed by atoms with Crippen molar-refractivity contribution in [2.75, 3.05) is 6.61 Å². The molecule has 170 valence electrons. The number of carbonyl (C=O) groups excluding carboxylic acids is 1. The number of aryl methyl sites for hydroxylation is 1. The molecule has 4 N–H and O–H groups in total. The maximum absolute atomic E-state index is 11.8. The molecule has 1 amide bonds. The van der Waals surface area contributed by atoms with Crippen LogP contribution in [0.5, 0.6) is 0 Å². The third-order valence-electron chi connectivity index (χ3n) is 5.69. The van der Waals surface area contributed by atoms with Crippen molar-refractivity contribution in [1.82, 2.24) is 19.7 Å². The molecular weight excluding hydrogens is 420 g/mol. The van der Waals surface area contributed by atoms with Gasteiger partial charge in [-0.2, -0.15) is 0 Å². The van der Waals surface area contributed by atoms with Gasteiger partial charge in [-0.25, -0.2) is 4.68 Å². The van der Waals surface area contributed by atoms with Gasteiger partial charge in [0.2, 0.25) is 10.7 Å². The Morgan fingerprint density at radius 2 is 1.94 bits per heavy atom. The molecule has 1 aliphatic heterocycles. The van der Waals surface area contributed by atoms with Crippen molar-refractivity contribution in [3.63, 3.8) is 0 Å². The van der Waals surface area contributed by atoms with E-state index in [2.05, 4.69) is 5.32 Å². The zero-order valence-corrected chi connectivity index (χ0v) is 18.9. The third kappa shape index (κ3) is 4.58. The molecule has 0 spiro atoms. The Kier molecular flexibility index (Phi) is 7.28. The molecule has 2 heterocycles. The first-order valence-corrected chi connectivity index (χ1v) is 10.8. The topological polar surface area (TPSA) is 122 Å². The number of rotatable bonds is 6. The number of aromatic nitrogens is 3. The van der Waals surface area contributed by atoms with Crippen molar-refractivity contribution >= 4 is 18.1 Å². The summed E-state index contributed by atoms with van der Waals surface area (Å²) >= 11 is 5.74. The largest absolute Gasteiger partial charge is 0.394 e. The van der Waals surface area contributed by atoms with E-state index in [1.54, 1.807) is 0 Å². The number of ether oxygens (including phenoxy) is 1. The number of hydrogen-bond acceptors (Lipinski definition) is 7. The quantitative estimate of drug-likeness (QED) is 0.492. The van der Waals surface area contributed by atoms with Crippen LogP contribution < -0.4 is 5.32 Å². The summed E-state index contributed by atoms with van der Waals surface area (Å²) in [5.41, 5.74) is 1.98. The third-order valence-corrected chi connectivity index (χ3v) is 6.07. The van der Waals surface area contributed by atoms with Crippen molar-refractivity contribution in [3.05, 3.63) is 34.6 Å². The van der Waals surface area contributed by atoms with Gasteiger partial charge in [0.1, 0.15) is 24.4 Å². The Morgan fingerprint density at radius 1 is 1.29 bits per heavy atom. The van der Waals surface area contributed by atoms with E-state index < -0.39 is 43.1 Å². The monoisotopic (exact) mass is 450 g/mol. The van der Waals surface area contributed by atoms with E-state index in [0.29, 0.717) is 10.6 Å². The number of aliphatic hydroxyl groups is 3. The Bertz CT molecular complexity index is 973. The van der Waals surface area contributed by atoms with Gasteiger partial charge in [-0.05, 0) is 32.5 Å². The van der Waals surface area contributed by atoms with E-state index in [0.717, 1.165) is 17.5 Å². The average Bonchev–Trinajstić information content (AvgIpc) is 3.08. The van der Waals surface area contributed by atoms with Gasteiger partial charge in [-0.15, -0.1) is 5.10 Å². The van der Waals surface area contributed by atoms with Crippen molar-refractivity contribution in [3.8, 4) is 11.4 Å². The molecule has 0 saturated carbocycles. The Labute approximate surface area is 186 Å². The number of carbonyl (C=O) groups is 1. The van der Waals surface area contributed by atoms with E-state index in [1.807, 2.05) is 49.6 Å². The smallest absolute Gasteiger partial charge is 0.217 e. The van der Waals surface area contributed by atoms with Crippen LogP contribution in [-0.4, -0.2) is 66.5 Å². The molecule has 0 bridgehead atoms. The van der Waals surface area contributed by atoms with Gasteiger partial charge in [0, 0.05) is 18.5 Å². The number of nitrogens with zero attached hydrogens (tertiary/aromatic N) is 3. The van der Waals surface area contributed by atoms with Crippen LogP contribution in [0.15, 0.2) is 24.3 Å². The van der Waals surface area contributed by atoms with E-state index in [4.69, 9.17) is 22.1 Å². The summed E-state index contributed by atoms with van der Waals surface area (Å²) in [6, 6.07) is 6.91. The van der Waals surface area contributed by atoms with Crippen molar-refractivity contribution in [1.29, 1.82) is 0 Å². The summed E-state index contributed by atoms with van der Waals surface area (Å²) in [6.07, 6.45) is -4.01. The first-order chi connectivity index (χ1) is 14.7. The molecule has 31 heavy (non-hydrogen) atoms. The standard InChI is InChI=1S/C21H30N4O5S/c1-5-12(3)24-19(14-8-6-11(2)7-9-14)23-25(21(24)31)20-16(22-13(4)27)18(29)17(28)15(10-26)30-20/h6-9,12,15-18,20,26,28-29H,5,10H2,1-4H3,(H,22,27)/t12?,15-,16-,17-,18-,20-/m1/s1. The highest BCUT2D eigenvalue weighted by Gasteiger charge is 2.46. The minimum Gasteiger partial charge on any atom is -0.394 e. The molecule has 6 atom stereocenters. The summed E-state index contributed by atoms with van der Waals surface area (Å²) in [7, 11) is 0. The molecule has 1 fully saturated rings. The molecule has 3 rings (SSSR count). The highest BCUT2D eigenvalue weighted by molar-refractivity contribution is 7.71. The maximum Gasteiger partial charge on any atom is 0.217 e. The fourth-order valence-corrected chi connectivity index (χ4v) is 4.15. The van der Waals surface area contributed by atoms with Crippen LogP contribution >= 0.6 is 12.2 Å². The van der Waals surface area contributed by atoms with Gasteiger partial charge in [0.15, 0.2) is 12.1 Å². The number of hydrogen-bond donors (Lipinski definition) is 4. The predicted octanol–water partition coefficient (Wildman–Crippen LogP) is 1.48. The highest BCUT2D eigenvalue weighted by Crippen LogP contribution is 2.32. The van der Waals surface area contributed by atoms with Gasteiger partial charge >= 0.3 is 0 Å². The van der Waals surface area contributed by atoms with Gasteiger partial charge in [-0.3, -0.25) is 9.36 Å². The molecule has 0 aliphatic carbocycles. The van der Waals surface area contributed by atoms with Crippen molar-refractivity contribution in [2.45, 2.75) is 70.7 Å². The molecule has 1 aromatic carbocycles. The average molecular weight is 451 g/mol. The summed E-state index contributed by atoms with van der Waals surface area (Å²) in [6.45, 7) is 6.87. The fourth-order valence-electron chi connectivity index (χ4n) is 3.74. The Hall–Kier alpha value is -2.11. The summed E-state index contributed by atoms with van der Waals surface area (Å²) in [4.78, 5) is 11.8. The Morgan fingerprint density at radius 3 is 2.48 bits per heavy atom. The molecule has 9 nitrogen and oxygen atoms in total. The SMILES string of the molecule is CCC(C)n1c(-c2ccc(C)cc2)nn([C@@H]2O[C@H](CO)[C@@H](O)[C@H](O)[C@H]2NC(C)=O)c1=S. The predicted molar refractivity (Wildman–Crippen MR) is 117 cm³/mol. The van der Waals surface area contributed by atoms with Crippen LogP contribution in [0.25, 0.3) is 11.4 Å². The molecule has 10 heteroatoms. The van der Waals surface area contributed by atoms with Crippen LogP contribution in [0.3, 0.4) is 0 Å². The van der Waals surface area contributed by atoms with Gasteiger partial charge in [-0.1, -0.05) is 36.8 Å². The maximum atomic E-state index is 11.8. The minimum atomic E-state index is -1.38. The zero-order chi connectivity index (χ0) is 22.9. The van der Waals surface area contributed by atoms with Crippen LogP contribution in [0.2, 0.25) is 0 Å². The van der Waals surface area contributed by atoms with Crippen LogP contribution in [0, 0.1) is 11.7 Å². The lowest BCUT2D eigenvalue weighted by molar-refractivity contribution is -0.219. The summed E-state index contributed by atoms with van der Waals surface area (Å²) in [5.74, 6) is 0.226. The van der Waals surface area contributed by atoms with Crippen molar-refractivity contribution < 1.29 is 24.9 Å². The number of benzene rings is 1. The second-order valence-corrected chi connectivity index (χ2v) is 8.36. The second kappa shape index (κ2) is 9.58. The molecule has 1 aromatic heterocycles. The molecule has 2 aromatic rings. The van der Waals surface area contributed by atoms with Crippen LogP contribution in [0.4, 0.5) is 0 Å². The van der Waals surface area contributed by atoms with Crippen LogP contribution in [0.1, 0.15) is 45.0 Å². The summed E-state index contributed by atoms with van der Waals surface area (Å²) in [5, 5.41) is 37.9. The van der Waals surface area contributed by atoms with E-state index >= 15 is 0 Å². The fraction of sp³-hybridized carbons (Fsp3) is 0.571. The lowest BCUT2D eigenvalue weighted by Crippen LogP contribution is -2.62. The van der Waals surface area contributed by atoms with E-state index in [1.165, 1.54) is 11.6 Å². The molecule has 1 saturated heterocycles. The molecule has 0 radical (unpaired) electrons. The van der Waals surface area contributed by atoms with Crippen LogP contribution in [-0.2, 0) is 9.53 Å². The summed E-state index contributed by atoms with van der Waals surface area (Å²) < 4.78 is 9.59. The second-order valence-electron chi connectivity index (χ2n) is 8.00. The first kappa shape index (κ1) is 23.6. The number of aliphatic hydroxyl groups excluding tert-OH is 3. The van der Waals surface area contributed by atoms with Gasteiger partial charge in [0.25, 0.3) is 0 Å². The molecular formula is C21H30N4O5S. The lowest BCUT2D eigenvalue weighted by atomic mass is 9.96. The van der Waals surface area contributed by atoms with Gasteiger partial charge < -0.3 is 25.4 Å². The van der Waals surface area contributed by atoms with Crippen molar-refractivity contribution in [2.24, 2.45) is 0 Å². The van der Waals surface area contributed by atoms with E-state index in [-0.39, 0.29) is 6.04 Å². The highest BCUT2D eigenvalue weighted by atomic mass is 32.1. The number of amides is 1. The Balaban J connectivity index is 2.16. The lowest BCUT2D eigenvalue weighted by Gasteiger charge is -2.42. The molecule has 1 unspecified atom stereocenters. The van der Waals surface area contributed by atoms with E-state index in [9.17, 15) is 20.1 Å². The number of nitrogens with one attached hydrogen (secondary N) is 1. The normalized spacial score (nSPS) is 27.1. The minimum absolute atomic E-state index is 0.0320. The first-order valence-electron chi connectivity index (χ1n) is 10.4. The van der Waals surface area contributed by atoms with Gasteiger partial charge in [0.05, 0.1) is 6.61 Å².